The van der Waals surface area contributed by atoms with E-state index in [1.54, 1.807) is 13.2 Å². The van der Waals surface area contributed by atoms with Gasteiger partial charge in [-0.2, -0.15) is 0 Å². The topological polar surface area (TPSA) is 44.7 Å². The maximum Gasteiger partial charge on any atom is 0.160 e. The van der Waals surface area contributed by atoms with Crippen LogP contribution in [0.25, 0.3) is 0 Å². The van der Waals surface area contributed by atoms with Gasteiger partial charge in [-0.25, -0.2) is 0 Å². The van der Waals surface area contributed by atoms with Crippen LogP contribution in [0, 0.1) is 0 Å². The van der Waals surface area contributed by atoms with E-state index in [1.807, 2.05) is 12.1 Å². The summed E-state index contributed by atoms with van der Waals surface area (Å²) in [7, 11) is 1.57. The first kappa shape index (κ1) is 12.6. The van der Waals surface area contributed by atoms with Crippen molar-refractivity contribution >= 4 is 5.69 Å². The van der Waals surface area contributed by atoms with Crippen molar-refractivity contribution in [3.63, 3.8) is 0 Å². The van der Waals surface area contributed by atoms with Crippen LogP contribution in [0.5, 0.6) is 11.5 Å². The van der Waals surface area contributed by atoms with Crippen LogP contribution in [0.1, 0.15) is 25.7 Å². The van der Waals surface area contributed by atoms with Gasteiger partial charge in [-0.1, -0.05) is 6.42 Å². The van der Waals surface area contributed by atoms with E-state index < -0.39 is 0 Å². The Labute approximate surface area is 114 Å². The summed E-state index contributed by atoms with van der Waals surface area (Å²) in [4.78, 5) is 2.60. The van der Waals surface area contributed by atoms with Crippen molar-refractivity contribution in [2.45, 2.75) is 37.8 Å². The van der Waals surface area contributed by atoms with E-state index in [0.29, 0.717) is 17.8 Å². The Kier molecular flexibility index (Phi) is 3.51. The third kappa shape index (κ3) is 2.50. The van der Waals surface area contributed by atoms with Gasteiger partial charge in [0.1, 0.15) is 0 Å². The van der Waals surface area contributed by atoms with Crippen LogP contribution < -0.4 is 10.1 Å². The standard InChI is InChI=1S/C15H22N2O2/c1-19-15-6-5-11(10-14(15)18)16-12-7-9-17-8-3-2-4-13(12)17/h5-6,10,12-13,16,18H,2-4,7-9H2,1H3. The Morgan fingerprint density at radius 1 is 1.26 bits per heavy atom. The van der Waals surface area contributed by atoms with Gasteiger partial charge in [0.25, 0.3) is 0 Å². The van der Waals surface area contributed by atoms with E-state index in [0.717, 1.165) is 5.69 Å². The lowest BCUT2D eigenvalue weighted by Crippen LogP contribution is -2.41. The normalized spacial score (nSPS) is 27.0. The molecule has 104 valence electrons. The third-order valence-corrected chi connectivity index (χ3v) is 4.39. The zero-order valence-electron chi connectivity index (χ0n) is 11.4. The fraction of sp³-hybridized carbons (Fsp3) is 0.600. The number of aromatic hydroxyl groups is 1. The van der Waals surface area contributed by atoms with E-state index in [-0.39, 0.29) is 5.75 Å². The smallest absolute Gasteiger partial charge is 0.160 e. The van der Waals surface area contributed by atoms with E-state index in [2.05, 4.69) is 10.2 Å². The van der Waals surface area contributed by atoms with Gasteiger partial charge in [0.05, 0.1) is 7.11 Å². The van der Waals surface area contributed by atoms with Gasteiger partial charge in [-0.05, 0) is 37.9 Å². The summed E-state index contributed by atoms with van der Waals surface area (Å²) in [5.74, 6) is 0.724. The number of nitrogens with zero attached hydrogens (tertiary/aromatic N) is 1. The van der Waals surface area contributed by atoms with Gasteiger partial charge in [0.15, 0.2) is 11.5 Å². The van der Waals surface area contributed by atoms with E-state index >= 15 is 0 Å². The minimum Gasteiger partial charge on any atom is -0.504 e. The predicted octanol–water partition coefficient (Wildman–Crippen LogP) is 2.44. The SMILES string of the molecule is COc1ccc(NC2CCN3CCCCC23)cc1O. The maximum atomic E-state index is 9.82. The van der Waals surface area contributed by atoms with Crippen LogP contribution in [0.4, 0.5) is 5.69 Å². The number of methoxy groups -OCH3 is 1. The molecule has 0 radical (unpaired) electrons. The largest absolute Gasteiger partial charge is 0.504 e. The number of phenols is 1. The summed E-state index contributed by atoms with van der Waals surface area (Å²) >= 11 is 0. The lowest BCUT2D eigenvalue weighted by molar-refractivity contribution is 0.193. The second-order valence-electron chi connectivity index (χ2n) is 5.53. The summed E-state index contributed by atoms with van der Waals surface area (Å²) < 4.78 is 5.07. The van der Waals surface area contributed by atoms with Gasteiger partial charge in [0, 0.05) is 30.4 Å². The monoisotopic (exact) mass is 262 g/mol. The van der Waals surface area contributed by atoms with Crippen LogP contribution in [0.3, 0.4) is 0 Å². The fourth-order valence-electron chi connectivity index (χ4n) is 3.41. The number of rotatable bonds is 3. The van der Waals surface area contributed by atoms with Crippen LogP contribution >= 0.6 is 0 Å². The molecular weight excluding hydrogens is 240 g/mol. The Balaban J connectivity index is 1.69. The van der Waals surface area contributed by atoms with Crippen molar-refractivity contribution in [2.75, 3.05) is 25.5 Å². The number of piperidine rings is 1. The zero-order valence-corrected chi connectivity index (χ0v) is 11.4. The molecule has 19 heavy (non-hydrogen) atoms. The molecule has 0 aliphatic carbocycles. The predicted molar refractivity (Wildman–Crippen MR) is 75.9 cm³/mol. The molecule has 3 rings (SSSR count). The highest BCUT2D eigenvalue weighted by Crippen LogP contribution is 2.32. The minimum absolute atomic E-state index is 0.200. The van der Waals surface area contributed by atoms with Gasteiger partial charge >= 0.3 is 0 Å². The molecule has 2 fully saturated rings. The lowest BCUT2D eigenvalue weighted by Gasteiger charge is -2.33. The first-order valence-corrected chi connectivity index (χ1v) is 7.15. The van der Waals surface area contributed by atoms with Crippen molar-refractivity contribution < 1.29 is 9.84 Å². The number of benzene rings is 1. The van der Waals surface area contributed by atoms with Crippen molar-refractivity contribution in [3.8, 4) is 11.5 Å². The number of nitrogens with one attached hydrogen (secondary N) is 1. The summed E-state index contributed by atoms with van der Waals surface area (Å²) in [6.45, 7) is 2.45. The molecule has 0 aromatic heterocycles. The Hall–Kier alpha value is -1.42. The van der Waals surface area contributed by atoms with Gasteiger partial charge in [-0.3, -0.25) is 4.90 Å². The Bertz CT molecular complexity index is 450. The number of hydrogen-bond acceptors (Lipinski definition) is 4. The summed E-state index contributed by atoms with van der Waals surface area (Å²) in [5.41, 5.74) is 0.982. The van der Waals surface area contributed by atoms with E-state index in [4.69, 9.17) is 4.74 Å². The molecule has 2 saturated heterocycles. The molecule has 2 N–H and O–H groups in total. The molecular formula is C15H22N2O2. The molecule has 4 nitrogen and oxygen atoms in total. The molecule has 2 aliphatic rings. The van der Waals surface area contributed by atoms with Crippen LogP contribution in [0.15, 0.2) is 18.2 Å². The molecule has 1 aromatic carbocycles. The molecule has 0 amide bonds. The highest BCUT2D eigenvalue weighted by atomic mass is 16.5. The van der Waals surface area contributed by atoms with Gasteiger partial charge in [0.2, 0.25) is 0 Å². The first-order valence-electron chi connectivity index (χ1n) is 7.15. The summed E-state index contributed by atoms with van der Waals surface area (Å²) in [6, 6.07) is 6.71. The average molecular weight is 262 g/mol. The summed E-state index contributed by atoms with van der Waals surface area (Å²) in [6.07, 6.45) is 5.16. The maximum absolute atomic E-state index is 9.82. The van der Waals surface area contributed by atoms with Crippen LogP contribution in [-0.2, 0) is 0 Å². The quantitative estimate of drug-likeness (QED) is 0.878. The molecule has 2 unspecified atom stereocenters. The van der Waals surface area contributed by atoms with Crippen LogP contribution in [0.2, 0.25) is 0 Å². The molecule has 2 aliphatic heterocycles. The van der Waals surface area contributed by atoms with Crippen molar-refractivity contribution in [1.82, 2.24) is 4.90 Å². The van der Waals surface area contributed by atoms with Crippen molar-refractivity contribution in [2.24, 2.45) is 0 Å². The van der Waals surface area contributed by atoms with E-state index in [1.165, 1.54) is 38.8 Å². The molecule has 1 aromatic rings. The number of anilines is 1. The number of phenolic OH excluding ortho intramolecular Hbond substituents is 1. The van der Waals surface area contributed by atoms with Crippen molar-refractivity contribution in [1.29, 1.82) is 0 Å². The highest BCUT2D eigenvalue weighted by Gasteiger charge is 2.35. The summed E-state index contributed by atoms with van der Waals surface area (Å²) in [5, 5.41) is 13.4. The Morgan fingerprint density at radius 2 is 2.16 bits per heavy atom. The first-order chi connectivity index (χ1) is 9.28. The molecule has 0 saturated carbocycles. The lowest BCUT2D eigenvalue weighted by atomic mass is 9.99. The van der Waals surface area contributed by atoms with Gasteiger partial charge < -0.3 is 15.2 Å². The van der Waals surface area contributed by atoms with Crippen LogP contribution in [-0.4, -0.2) is 42.3 Å². The number of ether oxygens (including phenoxy) is 1. The van der Waals surface area contributed by atoms with E-state index in [9.17, 15) is 5.11 Å². The third-order valence-electron chi connectivity index (χ3n) is 4.39. The molecule has 0 bridgehead atoms. The number of hydrogen-bond donors (Lipinski definition) is 2. The number of fused-ring (bicyclic) bond motifs is 1. The molecule has 4 heteroatoms. The molecule has 2 heterocycles. The second kappa shape index (κ2) is 5.29. The highest BCUT2D eigenvalue weighted by molar-refractivity contribution is 5.54. The van der Waals surface area contributed by atoms with Gasteiger partial charge in [-0.15, -0.1) is 0 Å². The second-order valence-corrected chi connectivity index (χ2v) is 5.53. The molecule has 0 spiro atoms. The van der Waals surface area contributed by atoms with Crippen molar-refractivity contribution in [3.05, 3.63) is 18.2 Å². The fourth-order valence-corrected chi connectivity index (χ4v) is 3.41. The molecule has 2 atom stereocenters. The zero-order chi connectivity index (χ0) is 13.2. The average Bonchev–Trinajstić information content (AvgIpc) is 2.83. The Morgan fingerprint density at radius 3 is 2.95 bits per heavy atom. The minimum atomic E-state index is 0.200.